The second-order valence-electron chi connectivity index (χ2n) is 6.61. The van der Waals surface area contributed by atoms with Crippen LogP contribution < -0.4 is 11.1 Å². The van der Waals surface area contributed by atoms with Crippen molar-refractivity contribution in [3.63, 3.8) is 0 Å². The first-order valence-electron chi connectivity index (χ1n) is 8.34. The third-order valence-electron chi connectivity index (χ3n) is 4.46. The van der Waals surface area contributed by atoms with Gasteiger partial charge in [-0.15, -0.1) is 0 Å². The topological polar surface area (TPSA) is 81.4 Å². The number of hydrogen-bond donors (Lipinski definition) is 2. The second-order valence-corrected chi connectivity index (χ2v) is 6.61. The molecule has 3 N–H and O–H groups in total. The lowest BCUT2D eigenvalue weighted by Gasteiger charge is -2.24. The van der Waals surface area contributed by atoms with E-state index in [1.807, 2.05) is 26.0 Å². The molecule has 2 atom stereocenters. The molecule has 0 aliphatic heterocycles. The Morgan fingerprint density at radius 3 is 2.42 bits per heavy atom. The fraction of sp³-hybridized carbons (Fsp3) is 0.474. The van der Waals surface area contributed by atoms with Crippen molar-refractivity contribution in [1.29, 1.82) is 0 Å². The summed E-state index contributed by atoms with van der Waals surface area (Å²) in [6, 6.07) is 6.79. The number of nitrogens with two attached hydrogens (primary N) is 1. The molecule has 1 aromatic carbocycles. The molecule has 0 bridgehead atoms. The summed E-state index contributed by atoms with van der Waals surface area (Å²) in [5.74, 6) is -0.791. The lowest BCUT2D eigenvalue weighted by Crippen LogP contribution is -2.53. The molecule has 0 saturated carbocycles. The van der Waals surface area contributed by atoms with Crippen molar-refractivity contribution in [2.75, 3.05) is 6.61 Å². The summed E-state index contributed by atoms with van der Waals surface area (Å²) in [6.45, 7) is 7.36. The first-order valence-corrected chi connectivity index (χ1v) is 8.34. The highest BCUT2D eigenvalue weighted by Gasteiger charge is 2.33. The summed E-state index contributed by atoms with van der Waals surface area (Å²) in [5, 5.41) is 2.76. The fourth-order valence-electron chi connectivity index (χ4n) is 3.04. The quantitative estimate of drug-likeness (QED) is 0.588. The van der Waals surface area contributed by atoms with Gasteiger partial charge in [0, 0.05) is 0 Å². The van der Waals surface area contributed by atoms with Crippen molar-refractivity contribution in [2.24, 2.45) is 17.6 Å². The minimum atomic E-state index is -0.702. The van der Waals surface area contributed by atoms with E-state index in [0.29, 0.717) is 0 Å². The fourth-order valence-corrected chi connectivity index (χ4v) is 3.04. The molecule has 1 aromatic rings. The molecule has 1 amide bonds. The highest BCUT2D eigenvalue weighted by atomic mass is 16.5. The molecule has 1 aliphatic rings. The van der Waals surface area contributed by atoms with Crippen molar-refractivity contribution in [2.45, 2.75) is 38.8 Å². The van der Waals surface area contributed by atoms with E-state index in [0.717, 1.165) is 12.8 Å². The van der Waals surface area contributed by atoms with E-state index in [1.165, 1.54) is 17.2 Å². The van der Waals surface area contributed by atoms with Crippen LogP contribution in [0.1, 0.15) is 25.0 Å². The number of rotatable bonds is 7. The molecule has 0 fully saturated rings. The maximum absolute atomic E-state index is 12.5. The van der Waals surface area contributed by atoms with Crippen molar-refractivity contribution in [1.82, 2.24) is 5.32 Å². The van der Waals surface area contributed by atoms with Gasteiger partial charge < -0.3 is 15.8 Å². The van der Waals surface area contributed by atoms with Crippen molar-refractivity contribution >= 4 is 11.9 Å². The molecule has 0 heterocycles. The zero-order chi connectivity index (χ0) is 17.7. The molecule has 130 valence electrons. The van der Waals surface area contributed by atoms with Crippen LogP contribution in [-0.2, 0) is 27.2 Å². The third-order valence-corrected chi connectivity index (χ3v) is 4.46. The van der Waals surface area contributed by atoms with Gasteiger partial charge in [0.05, 0.1) is 6.04 Å². The summed E-state index contributed by atoms with van der Waals surface area (Å²) in [5.41, 5.74) is 8.66. The van der Waals surface area contributed by atoms with Crippen molar-refractivity contribution in [3.8, 4) is 0 Å². The van der Waals surface area contributed by atoms with E-state index in [4.69, 9.17) is 10.5 Å². The number of carbonyl (C=O) groups is 2. The Kier molecular flexibility index (Phi) is 6.15. The molecular formula is C19H26N2O3. The van der Waals surface area contributed by atoms with Crippen LogP contribution in [0.25, 0.3) is 0 Å². The van der Waals surface area contributed by atoms with Gasteiger partial charge in [0.2, 0.25) is 5.91 Å². The molecule has 5 heteroatoms. The second kappa shape index (κ2) is 8.11. The number of carbonyl (C=O) groups excluding carboxylic acids is 2. The number of amides is 1. The van der Waals surface area contributed by atoms with Gasteiger partial charge in [-0.1, -0.05) is 50.8 Å². The zero-order valence-electron chi connectivity index (χ0n) is 14.3. The van der Waals surface area contributed by atoms with E-state index < -0.39 is 18.1 Å². The highest BCUT2D eigenvalue weighted by Crippen LogP contribution is 2.28. The van der Waals surface area contributed by atoms with E-state index >= 15 is 0 Å². The standard InChI is InChI=1S/C19H26N2O3/c1-4-9-24-19(23)17(12(2)3)21-18(22)16(20)15-10-13-7-5-6-8-14(13)11-15/h4-8,12,15-17H,1,9-11,20H2,2-3H3,(H,21,22)/t16-,17-/m0/s1. The van der Waals surface area contributed by atoms with Gasteiger partial charge in [-0.05, 0) is 35.8 Å². The molecule has 0 radical (unpaired) electrons. The van der Waals surface area contributed by atoms with E-state index in [9.17, 15) is 9.59 Å². The van der Waals surface area contributed by atoms with Crippen LogP contribution in [0.2, 0.25) is 0 Å². The summed E-state index contributed by atoms with van der Waals surface area (Å²) in [4.78, 5) is 24.6. The highest BCUT2D eigenvalue weighted by molar-refractivity contribution is 5.88. The van der Waals surface area contributed by atoms with E-state index in [1.54, 1.807) is 0 Å². The van der Waals surface area contributed by atoms with E-state index in [-0.39, 0.29) is 24.3 Å². The predicted molar refractivity (Wildman–Crippen MR) is 93.2 cm³/mol. The third kappa shape index (κ3) is 4.23. The summed E-state index contributed by atoms with van der Waals surface area (Å²) in [7, 11) is 0. The lowest BCUT2D eigenvalue weighted by atomic mass is 9.95. The Morgan fingerprint density at radius 2 is 1.92 bits per heavy atom. The van der Waals surface area contributed by atoms with Crippen LogP contribution in [0.4, 0.5) is 0 Å². The Labute approximate surface area is 143 Å². The van der Waals surface area contributed by atoms with Crippen LogP contribution >= 0.6 is 0 Å². The Hall–Kier alpha value is -2.14. The summed E-state index contributed by atoms with van der Waals surface area (Å²) >= 11 is 0. The van der Waals surface area contributed by atoms with Crippen molar-refractivity contribution < 1.29 is 14.3 Å². The lowest BCUT2D eigenvalue weighted by molar-refractivity contribution is -0.148. The van der Waals surface area contributed by atoms with E-state index in [2.05, 4.69) is 24.0 Å². The first kappa shape index (κ1) is 18.2. The molecule has 0 spiro atoms. The number of nitrogens with one attached hydrogen (secondary N) is 1. The molecule has 1 aliphatic carbocycles. The van der Waals surface area contributed by atoms with Crippen LogP contribution in [-0.4, -0.2) is 30.6 Å². The van der Waals surface area contributed by atoms with Crippen LogP contribution in [0.15, 0.2) is 36.9 Å². The molecule has 0 aromatic heterocycles. The minimum absolute atomic E-state index is 0.0550. The maximum atomic E-state index is 12.5. The van der Waals surface area contributed by atoms with Gasteiger partial charge in [0.15, 0.2) is 0 Å². The molecule has 0 unspecified atom stereocenters. The smallest absolute Gasteiger partial charge is 0.329 e. The Bertz CT molecular complexity index is 587. The number of esters is 1. The zero-order valence-corrected chi connectivity index (χ0v) is 14.3. The molecule has 5 nitrogen and oxygen atoms in total. The van der Waals surface area contributed by atoms with Crippen LogP contribution in [0.5, 0.6) is 0 Å². The molecule has 2 rings (SSSR count). The van der Waals surface area contributed by atoms with Crippen LogP contribution in [0.3, 0.4) is 0 Å². The monoisotopic (exact) mass is 330 g/mol. The molecule has 0 saturated heterocycles. The summed E-state index contributed by atoms with van der Waals surface area (Å²) < 4.78 is 5.06. The Balaban J connectivity index is 1.97. The number of hydrogen-bond acceptors (Lipinski definition) is 4. The minimum Gasteiger partial charge on any atom is -0.460 e. The van der Waals surface area contributed by atoms with Gasteiger partial charge in [-0.2, -0.15) is 0 Å². The van der Waals surface area contributed by atoms with Gasteiger partial charge in [-0.25, -0.2) is 4.79 Å². The van der Waals surface area contributed by atoms with Gasteiger partial charge in [0.25, 0.3) is 0 Å². The summed E-state index contributed by atoms with van der Waals surface area (Å²) in [6.07, 6.45) is 3.08. The number of ether oxygens (including phenoxy) is 1. The number of fused-ring (bicyclic) bond motifs is 1. The maximum Gasteiger partial charge on any atom is 0.329 e. The SMILES string of the molecule is C=CCOC(=O)[C@@H](NC(=O)[C@@H](N)C1Cc2ccccc2C1)C(C)C. The Morgan fingerprint density at radius 1 is 1.33 bits per heavy atom. The first-order chi connectivity index (χ1) is 11.4. The molecule has 24 heavy (non-hydrogen) atoms. The average Bonchev–Trinajstić information content (AvgIpc) is 3.00. The van der Waals surface area contributed by atoms with Crippen molar-refractivity contribution in [3.05, 3.63) is 48.0 Å². The van der Waals surface area contributed by atoms with Gasteiger partial charge >= 0.3 is 5.97 Å². The van der Waals surface area contributed by atoms with Crippen LogP contribution in [0, 0.1) is 11.8 Å². The van der Waals surface area contributed by atoms with Gasteiger partial charge in [-0.3, -0.25) is 4.79 Å². The number of benzene rings is 1. The molecular weight excluding hydrogens is 304 g/mol. The van der Waals surface area contributed by atoms with Gasteiger partial charge in [0.1, 0.15) is 12.6 Å². The average molecular weight is 330 g/mol. The normalized spacial score (nSPS) is 16.3. The largest absolute Gasteiger partial charge is 0.460 e. The predicted octanol–water partition coefficient (Wildman–Crippen LogP) is 1.60.